The predicted molar refractivity (Wildman–Crippen MR) is 126 cm³/mol. The van der Waals surface area contributed by atoms with Crippen LogP contribution in [-0.4, -0.2) is 30.6 Å². The minimum atomic E-state index is 0. The van der Waals surface area contributed by atoms with Gasteiger partial charge in [0, 0.05) is 36.0 Å². The van der Waals surface area contributed by atoms with E-state index in [2.05, 4.69) is 71.5 Å². The fourth-order valence-corrected chi connectivity index (χ4v) is 3.95. The van der Waals surface area contributed by atoms with Crippen molar-refractivity contribution in [3.05, 3.63) is 59.2 Å². The summed E-state index contributed by atoms with van der Waals surface area (Å²) in [6.45, 7) is 7.01. The number of guanidine groups is 1. The molecular weight excluding hydrogens is 455 g/mol. The van der Waals surface area contributed by atoms with Gasteiger partial charge < -0.3 is 16.0 Å². The Labute approximate surface area is 177 Å². The van der Waals surface area contributed by atoms with Gasteiger partial charge in [-0.25, -0.2) is 4.99 Å². The lowest BCUT2D eigenvalue weighted by atomic mass is 10.1. The number of halogens is 1. The van der Waals surface area contributed by atoms with E-state index < -0.39 is 0 Å². The minimum absolute atomic E-state index is 0. The van der Waals surface area contributed by atoms with Crippen LogP contribution >= 0.6 is 35.7 Å². The van der Waals surface area contributed by atoms with Crippen LogP contribution in [0.5, 0.6) is 0 Å². The van der Waals surface area contributed by atoms with Crippen molar-refractivity contribution in [2.24, 2.45) is 10.7 Å². The summed E-state index contributed by atoms with van der Waals surface area (Å²) in [5.41, 5.74) is 11.9. The fourth-order valence-electron chi connectivity index (χ4n) is 3.04. The van der Waals surface area contributed by atoms with Gasteiger partial charge in [-0.2, -0.15) is 11.8 Å². The Kier molecular flexibility index (Phi) is 8.09. The molecule has 3 rings (SSSR count). The summed E-state index contributed by atoms with van der Waals surface area (Å²) in [4.78, 5) is 6.90. The highest BCUT2D eigenvalue weighted by molar-refractivity contribution is 14.0. The summed E-state index contributed by atoms with van der Waals surface area (Å²) >= 11 is 2.03. The lowest BCUT2D eigenvalue weighted by molar-refractivity contribution is 0.858. The smallest absolute Gasteiger partial charge is 0.193 e. The van der Waals surface area contributed by atoms with Gasteiger partial charge in [-0.1, -0.05) is 18.2 Å². The molecule has 0 saturated carbocycles. The minimum Gasteiger partial charge on any atom is -0.370 e. The summed E-state index contributed by atoms with van der Waals surface area (Å²) in [7, 11) is 0. The quantitative estimate of drug-likeness (QED) is 0.386. The van der Waals surface area contributed by atoms with Crippen molar-refractivity contribution in [2.75, 3.05) is 34.8 Å². The van der Waals surface area contributed by atoms with Crippen molar-refractivity contribution in [2.45, 2.75) is 20.4 Å². The second kappa shape index (κ2) is 10.1. The highest BCUT2D eigenvalue weighted by Crippen LogP contribution is 2.20. The van der Waals surface area contributed by atoms with Crippen LogP contribution in [0.2, 0.25) is 0 Å². The summed E-state index contributed by atoms with van der Waals surface area (Å²) in [5, 5.41) is 3.17. The average Bonchev–Trinajstić information content (AvgIpc) is 2.60. The molecule has 0 bridgehead atoms. The number of hydrogen-bond acceptors (Lipinski definition) is 3. The van der Waals surface area contributed by atoms with Crippen LogP contribution in [0.4, 0.5) is 11.4 Å². The highest BCUT2D eigenvalue weighted by Gasteiger charge is 2.10. The molecule has 1 fully saturated rings. The van der Waals surface area contributed by atoms with E-state index in [9.17, 15) is 0 Å². The standard InChI is InChI=1S/C20H26N4S.HI/c1-15-11-16(2)13-18(12-15)23-20(21)22-14-17-3-5-19(6-4-17)24-7-9-25-10-8-24;/h3-6,11-13H,7-10,14H2,1-2H3,(H3,21,22,23);1H. The number of anilines is 2. The fraction of sp³-hybridized carbons (Fsp3) is 0.350. The van der Waals surface area contributed by atoms with Gasteiger partial charge in [0.15, 0.2) is 5.96 Å². The largest absolute Gasteiger partial charge is 0.370 e. The molecule has 2 aromatic carbocycles. The van der Waals surface area contributed by atoms with Gasteiger partial charge in [-0.15, -0.1) is 24.0 Å². The van der Waals surface area contributed by atoms with E-state index in [0.717, 1.165) is 18.8 Å². The number of nitrogens with zero attached hydrogens (tertiary/aromatic N) is 2. The topological polar surface area (TPSA) is 53.6 Å². The van der Waals surface area contributed by atoms with Crippen LogP contribution < -0.4 is 16.0 Å². The van der Waals surface area contributed by atoms with Crippen LogP contribution in [0.3, 0.4) is 0 Å². The molecule has 1 aliphatic rings. The van der Waals surface area contributed by atoms with Crippen LogP contribution in [0.25, 0.3) is 0 Å². The van der Waals surface area contributed by atoms with E-state index in [-0.39, 0.29) is 24.0 Å². The van der Waals surface area contributed by atoms with Crippen LogP contribution in [0, 0.1) is 13.8 Å². The third-order valence-corrected chi connectivity index (χ3v) is 5.18. The van der Waals surface area contributed by atoms with E-state index in [4.69, 9.17) is 5.73 Å². The molecule has 0 atom stereocenters. The van der Waals surface area contributed by atoms with Gasteiger partial charge in [0.05, 0.1) is 6.54 Å². The third-order valence-electron chi connectivity index (χ3n) is 4.24. The first-order valence-electron chi connectivity index (χ1n) is 8.67. The number of benzene rings is 2. The number of nitrogens with two attached hydrogens (primary N) is 1. The zero-order chi connectivity index (χ0) is 17.6. The zero-order valence-corrected chi connectivity index (χ0v) is 18.5. The molecule has 3 N–H and O–H groups in total. The number of aliphatic imine (C=N–C) groups is 1. The molecular formula is C20H27IN4S. The van der Waals surface area contributed by atoms with Gasteiger partial charge in [-0.05, 0) is 54.8 Å². The van der Waals surface area contributed by atoms with Crippen molar-refractivity contribution >= 4 is 53.1 Å². The molecule has 0 aromatic heterocycles. The van der Waals surface area contributed by atoms with Crippen molar-refractivity contribution < 1.29 is 0 Å². The molecule has 0 unspecified atom stereocenters. The first-order valence-corrected chi connectivity index (χ1v) is 9.82. The lowest BCUT2D eigenvalue weighted by Crippen LogP contribution is -2.32. The average molecular weight is 482 g/mol. The first-order chi connectivity index (χ1) is 12.1. The number of thioether (sulfide) groups is 1. The number of nitrogens with one attached hydrogen (secondary N) is 1. The molecule has 1 aliphatic heterocycles. The van der Waals surface area contributed by atoms with Gasteiger partial charge in [0.2, 0.25) is 0 Å². The molecule has 4 nitrogen and oxygen atoms in total. The number of aryl methyl sites for hydroxylation is 2. The van der Waals surface area contributed by atoms with Crippen LogP contribution in [-0.2, 0) is 6.54 Å². The molecule has 140 valence electrons. The second-order valence-corrected chi connectivity index (χ2v) is 7.69. The monoisotopic (exact) mass is 482 g/mol. The van der Waals surface area contributed by atoms with Gasteiger partial charge >= 0.3 is 0 Å². The second-order valence-electron chi connectivity index (χ2n) is 6.47. The maximum absolute atomic E-state index is 6.03. The van der Waals surface area contributed by atoms with Crippen molar-refractivity contribution in [1.29, 1.82) is 0 Å². The van der Waals surface area contributed by atoms with E-state index in [1.807, 2.05) is 11.8 Å². The molecule has 1 saturated heterocycles. The van der Waals surface area contributed by atoms with Crippen LogP contribution in [0.1, 0.15) is 16.7 Å². The van der Waals surface area contributed by atoms with Crippen molar-refractivity contribution in [1.82, 2.24) is 0 Å². The SMILES string of the molecule is Cc1cc(C)cc(NC(N)=NCc2ccc(N3CCSCC3)cc2)c1.I. The molecule has 1 heterocycles. The molecule has 6 heteroatoms. The van der Waals surface area contributed by atoms with Gasteiger partial charge in [0.1, 0.15) is 0 Å². The van der Waals surface area contributed by atoms with E-state index in [1.54, 1.807) is 0 Å². The Morgan fingerprint density at radius 2 is 1.69 bits per heavy atom. The first kappa shape index (κ1) is 20.9. The Balaban J connectivity index is 0.00000243. The number of hydrogen-bond donors (Lipinski definition) is 2. The molecule has 0 radical (unpaired) electrons. The summed E-state index contributed by atoms with van der Waals surface area (Å²) in [5.74, 6) is 2.88. The molecule has 2 aromatic rings. The molecule has 26 heavy (non-hydrogen) atoms. The maximum atomic E-state index is 6.03. The molecule has 0 spiro atoms. The Morgan fingerprint density at radius 1 is 1.08 bits per heavy atom. The summed E-state index contributed by atoms with van der Waals surface area (Å²) in [6.07, 6.45) is 0. The van der Waals surface area contributed by atoms with Crippen LogP contribution in [0.15, 0.2) is 47.5 Å². The van der Waals surface area contributed by atoms with E-state index in [0.29, 0.717) is 12.5 Å². The molecule has 0 amide bonds. The Hall–Kier alpha value is -1.41. The Bertz CT molecular complexity index is 720. The lowest BCUT2D eigenvalue weighted by Gasteiger charge is -2.28. The zero-order valence-electron chi connectivity index (χ0n) is 15.4. The van der Waals surface area contributed by atoms with Gasteiger partial charge in [0.25, 0.3) is 0 Å². The Morgan fingerprint density at radius 3 is 2.31 bits per heavy atom. The van der Waals surface area contributed by atoms with E-state index in [1.165, 1.54) is 33.9 Å². The maximum Gasteiger partial charge on any atom is 0.193 e. The highest BCUT2D eigenvalue weighted by atomic mass is 127. The predicted octanol–water partition coefficient (Wildman–Crippen LogP) is 4.40. The molecule has 0 aliphatic carbocycles. The third kappa shape index (κ3) is 6.09. The van der Waals surface area contributed by atoms with Gasteiger partial charge in [-0.3, -0.25) is 0 Å². The van der Waals surface area contributed by atoms with E-state index >= 15 is 0 Å². The number of rotatable bonds is 4. The van der Waals surface area contributed by atoms with Crippen molar-refractivity contribution in [3.63, 3.8) is 0 Å². The summed E-state index contributed by atoms with van der Waals surface area (Å²) in [6, 6.07) is 14.9. The van der Waals surface area contributed by atoms with Crippen molar-refractivity contribution in [3.8, 4) is 0 Å². The summed E-state index contributed by atoms with van der Waals surface area (Å²) < 4.78 is 0. The normalized spacial score (nSPS) is 14.7.